The molecular weight excluding hydrogens is 335 g/mol. The molecule has 1 aromatic carbocycles. The summed E-state index contributed by atoms with van der Waals surface area (Å²) >= 11 is 0. The molecule has 1 N–H and O–H groups in total. The normalized spacial score (nSPS) is 37.6. The van der Waals surface area contributed by atoms with Crippen LogP contribution < -0.4 is 5.32 Å². The molecule has 6 heteroatoms. The van der Waals surface area contributed by atoms with Crippen molar-refractivity contribution in [2.24, 2.45) is 11.8 Å². The minimum Gasteiger partial charge on any atom is -0.447 e. The van der Waals surface area contributed by atoms with Crippen LogP contribution in [0.2, 0.25) is 0 Å². The molecule has 2 saturated carbocycles. The zero-order chi connectivity index (χ0) is 18.1. The number of cyclic esters (lactones) is 1. The Bertz CT molecular complexity index is 804. The second-order valence-corrected chi connectivity index (χ2v) is 8.64. The predicted molar refractivity (Wildman–Crippen MR) is 92.1 cm³/mol. The molecule has 2 saturated heterocycles. The number of hydrogen-bond donors (Lipinski definition) is 1. The first-order valence-electron chi connectivity index (χ1n) is 9.41. The van der Waals surface area contributed by atoms with Gasteiger partial charge in [0, 0.05) is 24.4 Å². The monoisotopic (exact) mass is 358 g/mol. The predicted octanol–water partition coefficient (Wildman–Crippen LogP) is 2.51. The SMILES string of the molecule is Cc1ccc([C@@]23CCN(C(=O)C4CC5(COC(=O)N5)C4)CC2C3)cc1F. The highest BCUT2D eigenvalue weighted by Gasteiger charge is 2.59. The maximum Gasteiger partial charge on any atom is 0.407 e. The van der Waals surface area contributed by atoms with Gasteiger partial charge in [-0.15, -0.1) is 0 Å². The standard InChI is InChI=1S/C20H23FN2O3/c1-12-2-3-14(6-16(12)21)20-4-5-23(10-15(20)9-20)17(24)13-7-19(8-13)11-26-18(25)22-19/h2-3,6,13,15H,4-5,7-11H2,1H3,(H,22,25)/t13?,15?,19?,20-/m0/s1. The fraction of sp³-hybridized carbons (Fsp3) is 0.600. The highest BCUT2D eigenvalue weighted by molar-refractivity contribution is 5.82. The van der Waals surface area contributed by atoms with E-state index in [2.05, 4.69) is 5.32 Å². The van der Waals surface area contributed by atoms with E-state index in [4.69, 9.17) is 4.74 Å². The van der Waals surface area contributed by atoms with Crippen LogP contribution in [0.3, 0.4) is 0 Å². The molecule has 1 unspecified atom stereocenters. The van der Waals surface area contributed by atoms with Gasteiger partial charge in [-0.3, -0.25) is 4.79 Å². The molecule has 4 fully saturated rings. The average Bonchev–Trinajstić information content (AvgIpc) is 3.21. The van der Waals surface area contributed by atoms with Crippen LogP contribution in [0.4, 0.5) is 9.18 Å². The summed E-state index contributed by atoms with van der Waals surface area (Å²) in [6, 6.07) is 5.59. The van der Waals surface area contributed by atoms with Gasteiger partial charge in [-0.1, -0.05) is 12.1 Å². The molecule has 1 spiro atoms. The van der Waals surface area contributed by atoms with E-state index in [-0.39, 0.29) is 34.7 Å². The van der Waals surface area contributed by atoms with Gasteiger partial charge in [-0.2, -0.15) is 0 Å². The zero-order valence-electron chi connectivity index (χ0n) is 14.9. The number of carbonyl (C=O) groups is 2. The van der Waals surface area contributed by atoms with E-state index in [1.54, 1.807) is 13.0 Å². The van der Waals surface area contributed by atoms with E-state index >= 15 is 0 Å². The van der Waals surface area contributed by atoms with Gasteiger partial charge in [-0.05, 0) is 55.7 Å². The molecule has 26 heavy (non-hydrogen) atoms. The van der Waals surface area contributed by atoms with Crippen LogP contribution in [0.25, 0.3) is 0 Å². The Morgan fingerprint density at radius 1 is 1.35 bits per heavy atom. The van der Waals surface area contributed by atoms with Crippen LogP contribution in [0.1, 0.15) is 36.8 Å². The van der Waals surface area contributed by atoms with Crippen LogP contribution >= 0.6 is 0 Å². The molecule has 2 atom stereocenters. The van der Waals surface area contributed by atoms with Crippen molar-refractivity contribution in [3.8, 4) is 0 Å². The molecule has 5 rings (SSSR count). The number of piperidine rings is 1. The van der Waals surface area contributed by atoms with E-state index in [1.807, 2.05) is 17.0 Å². The molecule has 1 aromatic rings. The van der Waals surface area contributed by atoms with Crippen molar-refractivity contribution < 1.29 is 18.7 Å². The summed E-state index contributed by atoms with van der Waals surface area (Å²) in [7, 11) is 0. The summed E-state index contributed by atoms with van der Waals surface area (Å²) in [6.07, 6.45) is 2.92. The Hall–Kier alpha value is -2.11. The first-order chi connectivity index (χ1) is 12.4. The molecule has 0 bridgehead atoms. The average molecular weight is 358 g/mol. The Labute approximate surface area is 151 Å². The largest absolute Gasteiger partial charge is 0.447 e. The fourth-order valence-corrected chi connectivity index (χ4v) is 5.25. The first-order valence-corrected chi connectivity index (χ1v) is 9.41. The lowest BCUT2D eigenvalue weighted by atomic mass is 9.68. The number of hydrogen-bond acceptors (Lipinski definition) is 3. The third kappa shape index (κ3) is 2.27. The van der Waals surface area contributed by atoms with Crippen molar-refractivity contribution >= 4 is 12.0 Å². The van der Waals surface area contributed by atoms with Crippen molar-refractivity contribution in [2.75, 3.05) is 19.7 Å². The number of halogens is 1. The number of aryl methyl sites for hydroxylation is 1. The van der Waals surface area contributed by atoms with E-state index in [1.165, 1.54) is 0 Å². The Morgan fingerprint density at radius 3 is 2.81 bits per heavy atom. The minimum absolute atomic E-state index is 0.0138. The Balaban J connectivity index is 1.22. The molecule has 5 nitrogen and oxygen atoms in total. The van der Waals surface area contributed by atoms with Crippen molar-refractivity contribution in [1.29, 1.82) is 0 Å². The second-order valence-electron chi connectivity index (χ2n) is 8.64. The number of fused-ring (bicyclic) bond motifs is 1. The lowest BCUT2D eigenvalue weighted by Crippen LogP contribution is -2.58. The summed E-state index contributed by atoms with van der Waals surface area (Å²) < 4.78 is 18.9. The molecule has 0 radical (unpaired) electrons. The topological polar surface area (TPSA) is 58.6 Å². The summed E-state index contributed by atoms with van der Waals surface area (Å²) in [5, 5.41) is 2.84. The third-order valence-electron chi connectivity index (χ3n) is 7.03. The molecule has 0 aromatic heterocycles. The van der Waals surface area contributed by atoms with Gasteiger partial charge in [0.05, 0.1) is 5.54 Å². The number of amides is 2. The third-order valence-corrected chi connectivity index (χ3v) is 7.03. The molecule has 2 amide bonds. The molecule has 4 aliphatic rings. The summed E-state index contributed by atoms with van der Waals surface area (Å²) in [6.45, 7) is 3.66. The van der Waals surface area contributed by atoms with E-state index < -0.39 is 0 Å². The van der Waals surface area contributed by atoms with Gasteiger partial charge in [0.1, 0.15) is 12.4 Å². The number of carbonyl (C=O) groups excluding carboxylic acids is 2. The van der Waals surface area contributed by atoms with Crippen molar-refractivity contribution in [3.05, 3.63) is 35.1 Å². The first kappa shape index (κ1) is 16.1. The maximum absolute atomic E-state index is 14.0. The van der Waals surface area contributed by atoms with Crippen LogP contribution in [0.15, 0.2) is 18.2 Å². The summed E-state index contributed by atoms with van der Waals surface area (Å²) in [5.74, 6) is 0.486. The molecular formula is C20H23FN2O3. The smallest absolute Gasteiger partial charge is 0.407 e. The van der Waals surface area contributed by atoms with E-state index in [0.29, 0.717) is 30.9 Å². The lowest BCUT2D eigenvalue weighted by Gasteiger charge is -2.44. The number of likely N-dealkylation sites (tertiary alicyclic amines) is 1. The quantitative estimate of drug-likeness (QED) is 0.884. The number of benzene rings is 1. The summed E-state index contributed by atoms with van der Waals surface area (Å²) in [4.78, 5) is 26.0. The van der Waals surface area contributed by atoms with E-state index in [0.717, 1.165) is 31.5 Å². The number of nitrogens with zero attached hydrogens (tertiary/aromatic N) is 1. The highest BCUT2D eigenvalue weighted by Crippen LogP contribution is 2.59. The Kier molecular flexibility index (Phi) is 3.22. The number of ether oxygens (including phenoxy) is 1. The van der Waals surface area contributed by atoms with Gasteiger partial charge < -0.3 is 15.0 Å². The molecule has 138 valence electrons. The molecule has 2 aliphatic carbocycles. The summed E-state index contributed by atoms with van der Waals surface area (Å²) in [5.41, 5.74) is 1.53. The zero-order valence-corrected chi connectivity index (χ0v) is 14.9. The number of rotatable bonds is 2. The van der Waals surface area contributed by atoms with Crippen LogP contribution in [-0.2, 0) is 14.9 Å². The van der Waals surface area contributed by atoms with Crippen molar-refractivity contribution in [1.82, 2.24) is 10.2 Å². The second kappa shape index (κ2) is 5.21. The van der Waals surface area contributed by atoms with Crippen LogP contribution in [-0.4, -0.2) is 42.1 Å². The maximum atomic E-state index is 14.0. The van der Waals surface area contributed by atoms with Crippen molar-refractivity contribution in [3.63, 3.8) is 0 Å². The van der Waals surface area contributed by atoms with Gasteiger partial charge in [0.15, 0.2) is 0 Å². The number of alkyl carbamates (subject to hydrolysis) is 1. The lowest BCUT2D eigenvalue weighted by molar-refractivity contribution is -0.142. The van der Waals surface area contributed by atoms with Crippen molar-refractivity contribution in [2.45, 2.75) is 43.6 Å². The van der Waals surface area contributed by atoms with Gasteiger partial charge >= 0.3 is 6.09 Å². The molecule has 2 heterocycles. The van der Waals surface area contributed by atoms with Gasteiger partial charge in [0.25, 0.3) is 0 Å². The minimum atomic E-state index is -0.373. The van der Waals surface area contributed by atoms with Crippen LogP contribution in [0, 0.1) is 24.6 Å². The highest BCUT2D eigenvalue weighted by atomic mass is 19.1. The van der Waals surface area contributed by atoms with Gasteiger partial charge in [-0.25, -0.2) is 9.18 Å². The van der Waals surface area contributed by atoms with Gasteiger partial charge in [0.2, 0.25) is 5.91 Å². The van der Waals surface area contributed by atoms with E-state index in [9.17, 15) is 14.0 Å². The fourth-order valence-electron chi connectivity index (χ4n) is 5.25. The Morgan fingerprint density at radius 2 is 2.15 bits per heavy atom. The number of nitrogens with one attached hydrogen (secondary N) is 1. The molecule has 2 aliphatic heterocycles. The van der Waals surface area contributed by atoms with Crippen LogP contribution in [0.5, 0.6) is 0 Å².